The molecule has 0 atom stereocenters. The molecule has 5 nitrogen and oxygen atoms in total. The highest BCUT2D eigenvalue weighted by atomic mass is 16.1. The Balaban J connectivity index is 1.93. The van der Waals surface area contributed by atoms with Crippen LogP contribution in [0.15, 0.2) is 43.2 Å². The number of rotatable bonds is 6. The van der Waals surface area contributed by atoms with Gasteiger partial charge in [-0.25, -0.2) is 4.68 Å². The van der Waals surface area contributed by atoms with E-state index in [9.17, 15) is 4.79 Å². The molecule has 21 heavy (non-hydrogen) atoms. The SMILES string of the molecule is C=Cn1cc(CNc2ccc(C(=O)NC(C)C)cc2)cn1. The van der Waals surface area contributed by atoms with Gasteiger partial charge in [0.05, 0.1) is 6.20 Å². The first-order valence-electron chi connectivity index (χ1n) is 6.89. The summed E-state index contributed by atoms with van der Waals surface area (Å²) in [5.41, 5.74) is 2.69. The van der Waals surface area contributed by atoms with Gasteiger partial charge >= 0.3 is 0 Å². The average molecular weight is 284 g/mol. The Hall–Kier alpha value is -2.56. The van der Waals surface area contributed by atoms with Crippen LogP contribution >= 0.6 is 0 Å². The Bertz CT molecular complexity index is 613. The van der Waals surface area contributed by atoms with E-state index in [4.69, 9.17) is 0 Å². The van der Waals surface area contributed by atoms with Gasteiger partial charge in [0.25, 0.3) is 5.91 Å². The summed E-state index contributed by atoms with van der Waals surface area (Å²) in [6, 6.07) is 7.55. The molecule has 0 spiro atoms. The predicted molar refractivity (Wildman–Crippen MR) is 85.0 cm³/mol. The number of nitrogens with zero attached hydrogens (tertiary/aromatic N) is 2. The summed E-state index contributed by atoms with van der Waals surface area (Å²) < 4.78 is 1.66. The van der Waals surface area contributed by atoms with Gasteiger partial charge in [-0.3, -0.25) is 4.79 Å². The van der Waals surface area contributed by atoms with E-state index in [1.165, 1.54) is 0 Å². The minimum absolute atomic E-state index is 0.0520. The summed E-state index contributed by atoms with van der Waals surface area (Å²) in [5, 5.41) is 10.3. The lowest BCUT2D eigenvalue weighted by Gasteiger charge is -2.09. The van der Waals surface area contributed by atoms with Crippen LogP contribution in [-0.4, -0.2) is 21.7 Å². The molecular formula is C16H20N4O. The normalized spacial score (nSPS) is 10.4. The molecule has 2 rings (SSSR count). The molecule has 1 amide bonds. The first kappa shape index (κ1) is 14.8. The zero-order valence-corrected chi connectivity index (χ0v) is 12.3. The van der Waals surface area contributed by atoms with Crippen LogP contribution in [0.3, 0.4) is 0 Å². The number of benzene rings is 1. The van der Waals surface area contributed by atoms with E-state index in [0.29, 0.717) is 12.1 Å². The molecule has 0 bridgehead atoms. The molecule has 2 aromatic rings. The van der Waals surface area contributed by atoms with Crippen molar-refractivity contribution in [1.29, 1.82) is 0 Å². The molecule has 0 aliphatic rings. The molecule has 0 aliphatic heterocycles. The third kappa shape index (κ3) is 4.21. The zero-order chi connectivity index (χ0) is 15.2. The first-order valence-corrected chi connectivity index (χ1v) is 6.89. The van der Waals surface area contributed by atoms with Gasteiger partial charge in [-0.2, -0.15) is 5.10 Å². The lowest BCUT2D eigenvalue weighted by Crippen LogP contribution is -2.29. The number of amides is 1. The number of carbonyl (C=O) groups excluding carboxylic acids is 1. The van der Waals surface area contributed by atoms with Crippen LogP contribution < -0.4 is 10.6 Å². The number of carbonyl (C=O) groups is 1. The Morgan fingerprint density at radius 1 is 1.38 bits per heavy atom. The second-order valence-corrected chi connectivity index (χ2v) is 5.07. The second kappa shape index (κ2) is 6.74. The summed E-state index contributed by atoms with van der Waals surface area (Å²) in [6.07, 6.45) is 5.34. The van der Waals surface area contributed by atoms with Gasteiger partial charge in [-0.15, -0.1) is 0 Å². The van der Waals surface area contributed by atoms with Gasteiger partial charge in [0.2, 0.25) is 0 Å². The van der Waals surface area contributed by atoms with Crippen molar-refractivity contribution in [2.75, 3.05) is 5.32 Å². The fraction of sp³-hybridized carbons (Fsp3) is 0.250. The molecule has 1 aromatic heterocycles. The molecule has 0 unspecified atom stereocenters. The third-order valence-corrected chi connectivity index (χ3v) is 2.91. The van der Waals surface area contributed by atoms with Gasteiger partial charge < -0.3 is 10.6 Å². The van der Waals surface area contributed by atoms with Gasteiger partial charge in [-0.05, 0) is 38.1 Å². The molecule has 5 heteroatoms. The summed E-state index contributed by atoms with van der Waals surface area (Å²) in [4.78, 5) is 11.8. The minimum Gasteiger partial charge on any atom is -0.381 e. The average Bonchev–Trinajstić information content (AvgIpc) is 2.93. The maximum absolute atomic E-state index is 11.8. The van der Waals surface area contributed by atoms with Crippen LogP contribution in [0.2, 0.25) is 0 Å². The molecule has 110 valence electrons. The van der Waals surface area contributed by atoms with E-state index in [2.05, 4.69) is 22.3 Å². The zero-order valence-electron chi connectivity index (χ0n) is 12.3. The number of aromatic nitrogens is 2. The van der Waals surface area contributed by atoms with E-state index in [0.717, 1.165) is 11.3 Å². The summed E-state index contributed by atoms with van der Waals surface area (Å²) in [7, 11) is 0. The molecule has 0 aliphatic carbocycles. The van der Waals surface area contributed by atoms with Gasteiger partial charge in [-0.1, -0.05) is 6.58 Å². The number of hydrogen-bond donors (Lipinski definition) is 2. The van der Waals surface area contributed by atoms with Crippen LogP contribution in [0.4, 0.5) is 5.69 Å². The summed E-state index contributed by atoms with van der Waals surface area (Å²) in [5.74, 6) is -0.0520. The van der Waals surface area contributed by atoms with Crippen molar-refractivity contribution < 1.29 is 4.79 Å². The fourth-order valence-corrected chi connectivity index (χ4v) is 1.86. The van der Waals surface area contributed by atoms with Crippen molar-refractivity contribution in [2.45, 2.75) is 26.4 Å². The number of anilines is 1. The minimum atomic E-state index is -0.0520. The van der Waals surface area contributed by atoms with E-state index in [-0.39, 0.29) is 11.9 Å². The van der Waals surface area contributed by atoms with Crippen molar-refractivity contribution in [3.63, 3.8) is 0 Å². The topological polar surface area (TPSA) is 59.0 Å². The highest BCUT2D eigenvalue weighted by Crippen LogP contribution is 2.11. The molecule has 1 aromatic carbocycles. The first-order chi connectivity index (χ1) is 10.1. The van der Waals surface area contributed by atoms with Gasteiger partial charge in [0.1, 0.15) is 0 Å². The molecule has 2 N–H and O–H groups in total. The monoisotopic (exact) mass is 284 g/mol. The Morgan fingerprint density at radius 3 is 2.67 bits per heavy atom. The predicted octanol–water partition coefficient (Wildman–Crippen LogP) is 2.73. The molecule has 0 saturated heterocycles. The summed E-state index contributed by atoms with van der Waals surface area (Å²) >= 11 is 0. The Morgan fingerprint density at radius 2 is 2.10 bits per heavy atom. The van der Waals surface area contributed by atoms with Gasteiger partial charge in [0, 0.05) is 41.8 Å². The molecule has 0 radical (unpaired) electrons. The highest BCUT2D eigenvalue weighted by Gasteiger charge is 2.06. The summed E-state index contributed by atoms with van der Waals surface area (Å²) in [6.45, 7) is 8.21. The lowest BCUT2D eigenvalue weighted by atomic mass is 10.2. The van der Waals surface area contributed by atoms with Crippen LogP contribution in [-0.2, 0) is 6.54 Å². The molecule has 0 saturated carbocycles. The molecule has 0 fully saturated rings. The molecule has 1 heterocycles. The van der Waals surface area contributed by atoms with Gasteiger partial charge in [0.15, 0.2) is 0 Å². The van der Waals surface area contributed by atoms with Crippen molar-refractivity contribution in [3.8, 4) is 0 Å². The standard InChI is InChI=1S/C16H20N4O/c1-4-20-11-13(10-18-20)9-17-15-7-5-14(6-8-15)16(21)19-12(2)3/h4-8,10-12,17H,1,9H2,2-3H3,(H,19,21). The lowest BCUT2D eigenvalue weighted by molar-refractivity contribution is 0.0943. The second-order valence-electron chi connectivity index (χ2n) is 5.07. The van der Waals surface area contributed by atoms with Crippen molar-refractivity contribution in [3.05, 3.63) is 54.4 Å². The van der Waals surface area contributed by atoms with Crippen LogP contribution in [0, 0.1) is 0 Å². The number of nitrogens with one attached hydrogen (secondary N) is 2. The Labute approximate surface area is 124 Å². The van der Waals surface area contributed by atoms with Crippen LogP contribution in [0.1, 0.15) is 29.8 Å². The quantitative estimate of drug-likeness (QED) is 0.857. The molecular weight excluding hydrogens is 264 g/mol. The Kier molecular flexibility index (Phi) is 4.77. The maximum atomic E-state index is 11.8. The van der Waals surface area contributed by atoms with Crippen molar-refractivity contribution >= 4 is 17.8 Å². The van der Waals surface area contributed by atoms with Crippen LogP contribution in [0.5, 0.6) is 0 Å². The van der Waals surface area contributed by atoms with Crippen molar-refractivity contribution in [2.24, 2.45) is 0 Å². The van der Waals surface area contributed by atoms with Crippen LogP contribution in [0.25, 0.3) is 6.20 Å². The van der Waals surface area contributed by atoms with E-state index in [1.54, 1.807) is 17.1 Å². The number of hydrogen-bond acceptors (Lipinski definition) is 3. The maximum Gasteiger partial charge on any atom is 0.251 e. The van der Waals surface area contributed by atoms with E-state index in [1.807, 2.05) is 44.3 Å². The van der Waals surface area contributed by atoms with E-state index >= 15 is 0 Å². The fourth-order valence-electron chi connectivity index (χ4n) is 1.86. The largest absolute Gasteiger partial charge is 0.381 e. The van der Waals surface area contributed by atoms with Crippen molar-refractivity contribution in [1.82, 2.24) is 15.1 Å². The highest BCUT2D eigenvalue weighted by molar-refractivity contribution is 5.94. The third-order valence-electron chi connectivity index (χ3n) is 2.91. The smallest absolute Gasteiger partial charge is 0.251 e. The van der Waals surface area contributed by atoms with E-state index < -0.39 is 0 Å².